The van der Waals surface area contributed by atoms with Gasteiger partial charge in [0.1, 0.15) is 0 Å². The molecule has 2 saturated carbocycles. The first-order chi connectivity index (χ1) is 5.53. The van der Waals surface area contributed by atoms with Crippen molar-refractivity contribution < 1.29 is 15.0 Å². The highest BCUT2D eigenvalue weighted by molar-refractivity contribution is 5.72. The van der Waals surface area contributed by atoms with Crippen LogP contribution in [0.5, 0.6) is 0 Å². The van der Waals surface area contributed by atoms with Crippen molar-refractivity contribution in [3.8, 4) is 0 Å². The number of rotatable bonds is 1. The molecule has 0 aromatic heterocycles. The molecule has 2 rings (SSSR count). The Morgan fingerprint density at radius 3 is 2.50 bits per heavy atom. The van der Waals surface area contributed by atoms with Gasteiger partial charge in [0, 0.05) is 0 Å². The molecule has 0 spiro atoms. The highest BCUT2D eigenvalue weighted by atomic mass is 16.4. The van der Waals surface area contributed by atoms with E-state index in [9.17, 15) is 9.90 Å². The van der Waals surface area contributed by atoms with Crippen LogP contribution in [0.3, 0.4) is 0 Å². The Morgan fingerprint density at radius 2 is 2.17 bits per heavy atom. The lowest BCUT2D eigenvalue weighted by Gasteiger charge is -2.33. The van der Waals surface area contributed by atoms with Gasteiger partial charge in [-0.25, -0.2) is 0 Å². The summed E-state index contributed by atoms with van der Waals surface area (Å²) in [4.78, 5) is 10.8. The van der Waals surface area contributed by atoms with Crippen LogP contribution >= 0.6 is 0 Å². The fourth-order valence-electron chi connectivity index (χ4n) is 3.03. The molecule has 0 aliphatic heterocycles. The highest BCUT2D eigenvalue weighted by Crippen LogP contribution is 2.54. The zero-order chi connectivity index (χ0) is 8.93. The topological polar surface area (TPSA) is 57.5 Å². The van der Waals surface area contributed by atoms with E-state index in [0.717, 1.165) is 19.3 Å². The Labute approximate surface area is 71.4 Å². The smallest absolute Gasteiger partial charge is 0.309 e. The van der Waals surface area contributed by atoms with Gasteiger partial charge in [-0.3, -0.25) is 4.79 Å². The minimum absolute atomic E-state index is 0.225. The van der Waals surface area contributed by atoms with Gasteiger partial charge in [0.15, 0.2) is 0 Å². The van der Waals surface area contributed by atoms with Gasteiger partial charge in [-0.15, -0.1) is 0 Å². The summed E-state index contributed by atoms with van der Waals surface area (Å²) in [5.74, 6) is -0.894. The molecule has 0 saturated heterocycles. The van der Waals surface area contributed by atoms with Crippen LogP contribution in [-0.4, -0.2) is 21.8 Å². The lowest BCUT2D eigenvalue weighted by Crippen LogP contribution is -2.44. The average Bonchev–Trinajstić information content (AvgIpc) is 2.41. The van der Waals surface area contributed by atoms with Crippen molar-refractivity contribution in [1.82, 2.24) is 0 Å². The Hall–Kier alpha value is -0.570. The van der Waals surface area contributed by atoms with Crippen LogP contribution in [0, 0.1) is 17.8 Å². The third-order valence-electron chi connectivity index (χ3n) is 3.67. The lowest BCUT2D eigenvalue weighted by atomic mass is 9.77. The zero-order valence-corrected chi connectivity index (χ0v) is 7.16. The molecule has 2 bridgehead atoms. The molecule has 12 heavy (non-hydrogen) atoms. The molecular formula is C9H14O3. The number of fused-ring (bicyclic) bond motifs is 2. The number of hydrogen-bond donors (Lipinski definition) is 2. The first kappa shape index (κ1) is 8.05. The van der Waals surface area contributed by atoms with Gasteiger partial charge in [-0.05, 0) is 38.0 Å². The minimum atomic E-state index is -0.950. The number of carbonyl (C=O) groups is 1. The molecule has 68 valence electrons. The van der Waals surface area contributed by atoms with Crippen molar-refractivity contribution in [3.05, 3.63) is 0 Å². The predicted molar refractivity (Wildman–Crippen MR) is 42.6 cm³/mol. The molecule has 2 fully saturated rings. The van der Waals surface area contributed by atoms with Crippen LogP contribution in [0.4, 0.5) is 0 Å². The predicted octanol–water partition coefficient (Wildman–Crippen LogP) is 0.868. The number of carboxylic acids is 1. The Balaban J connectivity index is 2.29. The maximum atomic E-state index is 10.8. The zero-order valence-electron chi connectivity index (χ0n) is 7.16. The van der Waals surface area contributed by atoms with E-state index >= 15 is 0 Å². The van der Waals surface area contributed by atoms with E-state index in [2.05, 4.69) is 0 Å². The fourth-order valence-corrected chi connectivity index (χ4v) is 3.03. The standard InChI is InChI=1S/C9H14O3/c1-9(12)6-3-2-5(4-6)7(9)8(10)11/h5-7,12H,2-4H2,1H3,(H,10,11). The molecule has 0 aromatic carbocycles. The first-order valence-electron chi connectivity index (χ1n) is 4.48. The van der Waals surface area contributed by atoms with Gasteiger partial charge in [-0.2, -0.15) is 0 Å². The SMILES string of the molecule is CC1(O)C2CCC(C2)C1C(=O)O. The number of hydrogen-bond acceptors (Lipinski definition) is 2. The van der Waals surface area contributed by atoms with Gasteiger partial charge in [0.25, 0.3) is 0 Å². The summed E-state index contributed by atoms with van der Waals surface area (Å²) in [6.45, 7) is 1.68. The number of carboxylic acid groups (broad SMARTS) is 1. The quantitative estimate of drug-likeness (QED) is 0.614. The van der Waals surface area contributed by atoms with Gasteiger partial charge < -0.3 is 10.2 Å². The molecule has 2 aliphatic carbocycles. The second-order valence-electron chi connectivity index (χ2n) is 4.31. The molecule has 3 nitrogen and oxygen atoms in total. The third-order valence-corrected chi connectivity index (χ3v) is 3.67. The number of aliphatic carboxylic acids is 1. The molecule has 0 radical (unpaired) electrons. The van der Waals surface area contributed by atoms with Gasteiger partial charge in [0.2, 0.25) is 0 Å². The molecule has 4 atom stereocenters. The summed E-state index contributed by atoms with van der Waals surface area (Å²) in [5.41, 5.74) is -0.950. The Morgan fingerprint density at radius 1 is 1.50 bits per heavy atom. The van der Waals surface area contributed by atoms with Gasteiger partial charge in [-0.1, -0.05) is 0 Å². The van der Waals surface area contributed by atoms with Crippen molar-refractivity contribution in [2.75, 3.05) is 0 Å². The molecular weight excluding hydrogens is 156 g/mol. The maximum Gasteiger partial charge on any atom is 0.309 e. The maximum absolute atomic E-state index is 10.8. The van der Waals surface area contributed by atoms with E-state index in [4.69, 9.17) is 5.11 Å². The van der Waals surface area contributed by atoms with E-state index in [-0.39, 0.29) is 11.8 Å². The lowest BCUT2D eigenvalue weighted by molar-refractivity contribution is -0.155. The van der Waals surface area contributed by atoms with Crippen molar-refractivity contribution >= 4 is 5.97 Å². The molecule has 3 heteroatoms. The molecule has 2 aliphatic rings. The Bertz CT molecular complexity index is 222. The van der Waals surface area contributed by atoms with Crippen molar-refractivity contribution in [2.24, 2.45) is 17.8 Å². The second kappa shape index (κ2) is 2.22. The summed E-state index contributed by atoms with van der Waals surface area (Å²) in [5, 5.41) is 18.8. The summed E-state index contributed by atoms with van der Waals surface area (Å²) in [7, 11) is 0. The van der Waals surface area contributed by atoms with Gasteiger partial charge >= 0.3 is 5.97 Å². The molecule has 0 aromatic rings. The summed E-state index contributed by atoms with van der Waals surface area (Å²) < 4.78 is 0. The van der Waals surface area contributed by atoms with Crippen molar-refractivity contribution in [3.63, 3.8) is 0 Å². The van der Waals surface area contributed by atoms with E-state index < -0.39 is 17.5 Å². The fraction of sp³-hybridized carbons (Fsp3) is 0.889. The monoisotopic (exact) mass is 170 g/mol. The largest absolute Gasteiger partial charge is 0.481 e. The Kier molecular flexibility index (Phi) is 1.49. The van der Waals surface area contributed by atoms with Crippen LogP contribution in [0.2, 0.25) is 0 Å². The average molecular weight is 170 g/mol. The minimum Gasteiger partial charge on any atom is -0.481 e. The van der Waals surface area contributed by atoms with Crippen LogP contribution in [0.15, 0.2) is 0 Å². The normalized spacial score (nSPS) is 51.3. The van der Waals surface area contributed by atoms with Crippen LogP contribution < -0.4 is 0 Å². The third kappa shape index (κ3) is 0.829. The second-order valence-corrected chi connectivity index (χ2v) is 4.31. The molecule has 2 N–H and O–H groups in total. The van der Waals surface area contributed by atoms with Crippen molar-refractivity contribution in [1.29, 1.82) is 0 Å². The molecule has 4 unspecified atom stereocenters. The van der Waals surface area contributed by atoms with E-state index in [1.165, 1.54) is 0 Å². The van der Waals surface area contributed by atoms with Crippen LogP contribution in [-0.2, 0) is 4.79 Å². The van der Waals surface area contributed by atoms with E-state index in [0.29, 0.717) is 0 Å². The van der Waals surface area contributed by atoms with E-state index in [1.807, 2.05) is 0 Å². The summed E-state index contributed by atoms with van der Waals surface area (Å²) >= 11 is 0. The van der Waals surface area contributed by atoms with Crippen molar-refractivity contribution in [2.45, 2.75) is 31.8 Å². The summed E-state index contributed by atoms with van der Waals surface area (Å²) in [6.07, 6.45) is 2.89. The van der Waals surface area contributed by atoms with Gasteiger partial charge in [0.05, 0.1) is 11.5 Å². The van der Waals surface area contributed by atoms with Crippen LogP contribution in [0.1, 0.15) is 26.2 Å². The summed E-state index contributed by atoms with van der Waals surface area (Å²) in [6, 6.07) is 0. The molecule has 0 amide bonds. The first-order valence-corrected chi connectivity index (χ1v) is 4.48. The van der Waals surface area contributed by atoms with Crippen LogP contribution in [0.25, 0.3) is 0 Å². The van der Waals surface area contributed by atoms with E-state index in [1.54, 1.807) is 6.92 Å². The number of aliphatic hydroxyl groups is 1. The highest BCUT2D eigenvalue weighted by Gasteiger charge is 2.57. The molecule has 0 heterocycles.